The van der Waals surface area contributed by atoms with E-state index in [1.807, 2.05) is 6.07 Å². The van der Waals surface area contributed by atoms with Gasteiger partial charge in [-0.15, -0.1) is 12.4 Å². The Morgan fingerprint density at radius 3 is 2.70 bits per heavy atom. The molecule has 0 amide bonds. The molecule has 8 heteroatoms. The molecule has 0 spiro atoms. The van der Waals surface area contributed by atoms with Gasteiger partial charge in [0.15, 0.2) is 11.3 Å². The summed E-state index contributed by atoms with van der Waals surface area (Å²) in [6.07, 6.45) is 1.42. The van der Waals surface area contributed by atoms with Crippen molar-refractivity contribution >= 4 is 29.5 Å². The molecule has 120 valence electrons. The summed E-state index contributed by atoms with van der Waals surface area (Å²) in [5.74, 6) is -0.0928. The maximum absolute atomic E-state index is 12.5. The van der Waals surface area contributed by atoms with Crippen molar-refractivity contribution in [1.82, 2.24) is 14.2 Å². The molecule has 0 aliphatic rings. The van der Waals surface area contributed by atoms with Crippen LogP contribution in [0.25, 0.3) is 5.52 Å². The van der Waals surface area contributed by atoms with Crippen molar-refractivity contribution in [2.75, 3.05) is 0 Å². The first-order valence-corrected chi connectivity index (χ1v) is 6.91. The molecule has 1 aromatic carbocycles. The van der Waals surface area contributed by atoms with Crippen LogP contribution in [0.4, 0.5) is 0 Å². The van der Waals surface area contributed by atoms with E-state index in [9.17, 15) is 14.7 Å². The highest BCUT2D eigenvalue weighted by Gasteiger charge is 2.13. The molecule has 0 aliphatic heterocycles. The largest absolute Gasteiger partial charge is 0.503 e. The van der Waals surface area contributed by atoms with Gasteiger partial charge in [0.05, 0.1) is 6.54 Å². The van der Waals surface area contributed by atoms with Crippen molar-refractivity contribution in [2.24, 2.45) is 0 Å². The maximum atomic E-state index is 12.5. The molecular weight excluding hydrogens is 341 g/mol. The van der Waals surface area contributed by atoms with Crippen molar-refractivity contribution in [1.29, 1.82) is 0 Å². The Balaban J connectivity index is 0.00000192. The number of aryl methyl sites for hydroxylation is 1. The SMILES string of the molecule is Cc1nn(Cc2cccc(Cl)c2)c(=O)c2c(O)c(=O)ccn12.Cl. The van der Waals surface area contributed by atoms with Crippen LogP contribution in [-0.2, 0) is 6.54 Å². The zero-order valence-corrected chi connectivity index (χ0v) is 13.6. The standard InChI is InChI=1S/C15H12ClN3O3.ClH/c1-9-17-19(8-10-3-2-4-11(16)7-10)15(22)13-14(21)12(20)5-6-18(9)13;/h2-7,21H,8H2,1H3;1H. The minimum Gasteiger partial charge on any atom is -0.503 e. The number of hydrogen-bond donors (Lipinski definition) is 1. The Morgan fingerprint density at radius 2 is 2.00 bits per heavy atom. The minimum absolute atomic E-state index is 0. The Kier molecular flexibility index (Phi) is 4.77. The van der Waals surface area contributed by atoms with E-state index in [4.69, 9.17) is 11.6 Å². The molecule has 6 nitrogen and oxygen atoms in total. The maximum Gasteiger partial charge on any atom is 0.295 e. The zero-order valence-electron chi connectivity index (χ0n) is 12.1. The van der Waals surface area contributed by atoms with E-state index in [-0.39, 0.29) is 24.5 Å². The quantitative estimate of drug-likeness (QED) is 0.764. The lowest BCUT2D eigenvalue weighted by Gasteiger charge is -2.11. The molecule has 0 unspecified atom stereocenters. The summed E-state index contributed by atoms with van der Waals surface area (Å²) in [6, 6.07) is 8.25. The first-order valence-electron chi connectivity index (χ1n) is 6.54. The predicted octanol–water partition coefficient (Wildman–Crippen LogP) is 1.99. The third-order valence-electron chi connectivity index (χ3n) is 3.35. The Hall–Kier alpha value is -2.31. The van der Waals surface area contributed by atoms with Crippen molar-refractivity contribution in [2.45, 2.75) is 13.5 Å². The van der Waals surface area contributed by atoms with E-state index in [0.29, 0.717) is 10.8 Å². The molecular formula is C15H13Cl2N3O3. The van der Waals surface area contributed by atoms with Crippen LogP contribution in [0.3, 0.4) is 0 Å². The molecule has 2 aromatic heterocycles. The van der Waals surface area contributed by atoms with Crippen LogP contribution in [0.5, 0.6) is 5.75 Å². The highest BCUT2D eigenvalue weighted by atomic mass is 35.5. The van der Waals surface area contributed by atoms with Crippen LogP contribution in [0.2, 0.25) is 5.02 Å². The fourth-order valence-electron chi connectivity index (χ4n) is 2.31. The van der Waals surface area contributed by atoms with Gasteiger partial charge in [-0.3, -0.25) is 14.0 Å². The van der Waals surface area contributed by atoms with E-state index >= 15 is 0 Å². The molecule has 23 heavy (non-hydrogen) atoms. The molecule has 0 radical (unpaired) electrons. The summed E-state index contributed by atoms with van der Waals surface area (Å²) >= 11 is 5.93. The van der Waals surface area contributed by atoms with Gasteiger partial charge in [0.2, 0.25) is 5.43 Å². The first kappa shape index (κ1) is 17.1. The summed E-state index contributed by atoms with van der Waals surface area (Å²) in [7, 11) is 0. The van der Waals surface area contributed by atoms with E-state index in [2.05, 4.69) is 5.10 Å². The molecule has 0 fully saturated rings. The number of rotatable bonds is 2. The number of aromatic hydroxyl groups is 1. The Labute approximate surface area is 142 Å². The van der Waals surface area contributed by atoms with E-state index < -0.39 is 16.7 Å². The van der Waals surface area contributed by atoms with Crippen molar-refractivity contribution in [3.05, 3.63) is 73.5 Å². The van der Waals surface area contributed by atoms with Crippen molar-refractivity contribution in [3.63, 3.8) is 0 Å². The molecule has 0 aliphatic carbocycles. The summed E-state index contributed by atoms with van der Waals surface area (Å²) < 4.78 is 2.60. The highest BCUT2D eigenvalue weighted by Crippen LogP contribution is 2.13. The van der Waals surface area contributed by atoms with E-state index in [1.54, 1.807) is 25.1 Å². The van der Waals surface area contributed by atoms with Gasteiger partial charge in [0, 0.05) is 17.3 Å². The smallest absolute Gasteiger partial charge is 0.295 e. The van der Waals surface area contributed by atoms with Gasteiger partial charge in [-0.05, 0) is 24.6 Å². The number of aromatic nitrogens is 3. The molecule has 1 N–H and O–H groups in total. The van der Waals surface area contributed by atoms with Gasteiger partial charge in [-0.1, -0.05) is 23.7 Å². The average Bonchev–Trinajstić information content (AvgIpc) is 2.47. The molecule has 2 heterocycles. The van der Waals surface area contributed by atoms with Crippen LogP contribution < -0.4 is 11.0 Å². The highest BCUT2D eigenvalue weighted by molar-refractivity contribution is 6.30. The fourth-order valence-corrected chi connectivity index (χ4v) is 2.52. The average molecular weight is 354 g/mol. The lowest BCUT2D eigenvalue weighted by Crippen LogP contribution is -2.28. The van der Waals surface area contributed by atoms with Crippen molar-refractivity contribution < 1.29 is 5.11 Å². The number of benzene rings is 1. The van der Waals surface area contributed by atoms with Crippen LogP contribution in [-0.4, -0.2) is 19.3 Å². The Bertz CT molecular complexity index is 995. The lowest BCUT2D eigenvalue weighted by atomic mass is 10.2. The van der Waals surface area contributed by atoms with Crippen LogP contribution >= 0.6 is 24.0 Å². The predicted molar refractivity (Wildman–Crippen MR) is 89.9 cm³/mol. The molecule has 0 saturated heterocycles. The third kappa shape index (κ3) is 3.09. The van der Waals surface area contributed by atoms with Crippen LogP contribution in [0, 0.1) is 6.92 Å². The van der Waals surface area contributed by atoms with Gasteiger partial charge in [-0.2, -0.15) is 5.10 Å². The van der Waals surface area contributed by atoms with Crippen LogP contribution in [0.15, 0.2) is 46.1 Å². The van der Waals surface area contributed by atoms with Gasteiger partial charge in [-0.25, -0.2) is 4.68 Å². The van der Waals surface area contributed by atoms with Crippen LogP contribution in [0.1, 0.15) is 11.4 Å². The molecule has 0 saturated carbocycles. The molecule has 0 bridgehead atoms. The topological polar surface area (TPSA) is 76.6 Å². The number of halogens is 2. The lowest BCUT2D eigenvalue weighted by molar-refractivity contribution is 0.470. The number of fused-ring (bicyclic) bond motifs is 1. The second-order valence-corrected chi connectivity index (χ2v) is 5.32. The van der Waals surface area contributed by atoms with Crippen molar-refractivity contribution in [3.8, 4) is 5.75 Å². The molecule has 0 atom stereocenters. The number of pyridine rings is 1. The number of hydrogen-bond acceptors (Lipinski definition) is 4. The minimum atomic E-state index is -0.600. The third-order valence-corrected chi connectivity index (χ3v) is 3.58. The normalized spacial score (nSPS) is 10.5. The monoisotopic (exact) mass is 353 g/mol. The summed E-state index contributed by atoms with van der Waals surface area (Å²) in [4.78, 5) is 24.1. The molecule has 3 aromatic rings. The second kappa shape index (κ2) is 6.44. The van der Waals surface area contributed by atoms with Gasteiger partial charge in [0.1, 0.15) is 5.82 Å². The summed E-state index contributed by atoms with van der Waals surface area (Å²) in [6.45, 7) is 1.88. The fraction of sp³-hybridized carbons (Fsp3) is 0.133. The first-order chi connectivity index (χ1) is 10.5. The zero-order chi connectivity index (χ0) is 15.9. The van der Waals surface area contributed by atoms with Gasteiger partial charge in [0.25, 0.3) is 5.56 Å². The summed E-state index contributed by atoms with van der Waals surface area (Å²) in [5, 5.41) is 14.7. The summed E-state index contributed by atoms with van der Waals surface area (Å²) in [5.41, 5.74) is -0.427. The van der Waals surface area contributed by atoms with E-state index in [1.165, 1.54) is 21.3 Å². The Morgan fingerprint density at radius 1 is 1.26 bits per heavy atom. The molecule has 3 rings (SSSR count). The van der Waals surface area contributed by atoms with E-state index in [0.717, 1.165) is 5.56 Å². The van der Waals surface area contributed by atoms with Gasteiger partial charge >= 0.3 is 0 Å². The number of nitrogens with zero attached hydrogens (tertiary/aromatic N) is 3. The van der Waals surface area contributed by atoms with Gasteiger partial charge < -0.3 is 5.11 Å². The second-order valence-electron chi connectivity index (χ2n) is 4.89.